The first kappa shape index (κ1) is 15.6. The SMILES string of the molecule is CSc1cccc(NCC2(C)CCOCC2)c1C(N)=S. The van der Waals surface area contributed by atoms with Crippen LogP contribution in [0.15, 0.2) is 23.1 Å². The Kier molecular flexibility index (Phi) is 5.29. The molecule has 0 amide bonds. The van der Waals surface area contributed by atoms with E-state index in [-0.39, 0.29) is 5.41 Å². The standard InChI is InChI=1S/C15H22N2OS2/c1-15(6-8-18-9-7-15)10-17-11-4-3-5-12(20-2)13(11)14(16)19/h3-5,17H,6-10H2,1-2H3,(H2,16,19). The fourth-order valence-corrected chi connectivity index (χ4v) is 3.38. The Morgan fingerprint density at radius 1 is 1.45 bits per heavy atom. The lowest BCUT2D eigenvalue weighted by Crippen LogP contribution is -2.33. The van der Waals surface area contributed by atoms with Gasteiger partial charge < -0.3 is 15.8 Å². The molecule has 0 bridgehead atoms. The number of hydrogen-bond donors (Lipinski definition) is 2. The van der Waals surface area contributed by atoms with Crippen LogP contribution in [-0.2, 0) is 4.74 Å². The number of thioether (sulfide) groups is 1. The van der Waals surface area contributed by atoms with E-state index in [0.717, 1.165) is 48.7 Å². The molecule has 3 nitrogen and oxygen atoms in total. The van der Waals surface area contributed by atoms with Crippen LogP contribution in [0, 0.1) is 5.41 Å². The van der Waals surface area contributed by atoms with E-state index in [4.69, 9.17) is 22.7 Å². The smallest absolute Gasteiger partial charge is 0.107 e. The second kappa shape index (κ2) is 6.78. The highest BCUT2D eigenvalue weighted by Gasteiger charge is 2.27. The molecule has 1 heterocycles. The van der Waals surface area contributed by atoms with E-state index >= 15 is 0 Å². The number of nitrogens with two attached hydrogens (primary N) is 1. The molecule has 1 fully saturated rings. The van der Waals surface area contributed by atoms with E-state index in [1.165, 1.54) is 0 Å². The molecule has 3 N–H and O–H groups in total. The van der Waals surface area contributed by atoms with Gasteiger partial charge in [0, 0.05) is 35.9 Å². The predicted molar refractivity (Wildman–Crippen MR) is 90.8 cm³/mol. The van der Waals surface area contributed by atoms with Crippen LogP contribution in [0.4, 0.5) is 5.69 Å². The van der Waals surface area contributed by atoms with Crippen molar-refractivity contribution in [3.63, 3.8) is 0 Å². The number of thiocarbonyl (C=S) groups is 1. The quantitative estimate of drug-likeness (QED) is 0.645. The summed E-state index contributed by atoms with van der Waals surface area (Å²) in [5.74, 6) is 0. The Morgan fingerprint density at radius 2 is 2.15 bits per heavy atom. The van der Waals surface area contributed by atoms with E-state index in [0.29, 0.717) is 4.99 Å². The van der Waals surface area contributed by atoms with Crippen molar-refractivity contribution in [2.45, 2.75) is 24.7 Å². The molecule has 0 saturated carbocycles. The van der Waals surface area contributed by atoms with E-state index in [1.54, 1.807) is 11.8 Å². The van der Waals surface area contributed by atoms with Gasteiger partial charge in [-0.15, -0.1) is 11.8 Å². The summed E-state index contributed by atoms with van der Waals surface area (Å²) in [5.41, 5.74) is 8.17. The molecule has 0 radical (unpaired) electrons. The number of hydrogen-bond acceptors (Lipinski definition) is 4. The molecule has 1 aliphatic heterocycles. The average Bonchev–Trinajstić information content (AvgIpc) is 2.45. The summed E-state index contributed by atoms with van der Waals surface area (Å²) in [4.78, 5) is 1.58. The molecular weight excluding hydrogens is 288 g/mol. The zero-order valence-electron chi connectivity index (χ0n) is 12.1. The largest absolute Gasteiger partial charge is 0.389 e. The Balaban J connectivity index is 2.14. The Bertz CT molecular complexity index is 485. The van der Waals surface area contributed by atoms with Crippen molar-refractivity contribution < 1.29 is 4.74 Å². The number of anilines is 1. The van der Waals surface area contributed by atoms with Gasteiger partial charge in [0.2, 0.25) is 0 Å². The summed E-state index contributed by atoms with van der Waals surface area (Å²) in [5, 5.41) is 3.54. The van der Waals surface area contributed by atoms with Crippen molar-refractivity contribution in [2.24, 2.45) is 11.1 Å². The fourth-order valence-electron chi connectivity index (χ4n) is 2.45. The van der Waals surface area contributed by atoms with Crippen LogP contribution in [-0.4, -0.2) is 31.0 Å². The van der Waals surface area contributed by atoms with E-state index in [9.17, 15) is 0 Å². The summed E-state index contributed by atoms with van der Waals surface area (Å²) in [6.07, 6.45) is 4.22. The summed E-state index contributed by atoms with van der Waals surface area (Å²) in [7, 11) is 0. The van der Waals surface area contributed by atoms with Gasteiger partial charge in [0.1, 0.15) is 4.99 Å². The van der Waals surface area contributed by atoms with Crippen LogP contribution in [0.2, 0.25) is 0 Å². The van der Waals surface area contributed by atoms with E-state index in [1.807, 2.05) is 12.3 Å². The predicted octanol–water partition coefficient (Wildman–Crippen LogP) is 3.27. The monoisotopic (exact) mass is 310 g/mol. The molecule has 0 aliphatic carbocycles. The number of rotatable bonds is 5. The van der Waals surface area contributed by atoms with Crippen LogP contribution >= 0.6 is 24.0 Å². The van der Waals surface area contributed by atoms with Gasteiger partial charge in [0.05, 0.1) is 0 Å². The minimum atomic E-state index is 0.279. The molecule has 1 aromatic rings. The Morgan fingerprint density at radius 3 is 2.75 bits per heavy atom. The third-order valence-corrected chi connectivity index (χ3v) is 4.88. The topological polar surface area (TPSA) is 47.3 Å². The second-order valence-electron chi connectivity index (χ2n) is 5.52. The van der Waals surface area contributed by atoms with Crippen molar-refractivity contribution in [3.8, 4) is 0 Å². The second-order valence-corrected chi connectivity index (χ2v) is 6.81. The molecule has 0 atom stereocenters. The van der Waals surface area contributed by atoms with Crippen molar-refractivity contribution in [1.29, 1.82) is 0 Å². The molecule has 0 unspecified atom stereocenters. The first-order valence-corrected chi connectivity index (χ1v) is 8.47. The highest BCUT2D eigenvalue weighted by molar-refractivity contribution is 7.98. The molecule has 1 saturated heterocycles. The van der Waals surface area contributed by atoms with Gasteiger partial charge >= 0.3 is 0 Å². The first-order chi connectivity index (χ1) is 9.56. The van der Waals surface area contributed by atoms with Gasteiger partial charge in [-0.3, -0.25) is 0 Å². The van der Waals surface area contributed by atoms with Crippen LogP contribution in [0.5, 0.6) is 0 Å². The summed E-state index contributed by atoms with van der Waals surface area (Å²) >= 11 is 6.88. The van der Waals surface area contributed by atoms with Crippen LogP contribution < -0.4 is 11.1 Å². The maximum absolute atomic E-state index is 5.89. The summed E-state index contributed by atoms with van der Waals surface area (Å²) in [6, 6.07) is 6.15. The van der Waals surface area contributed by atoms with Gasteiger partial charge in [0.25, 0.3) is 0 Å². The molecule has 20 heavy (non-hydrogen) atoms. The lowest BCUT2D eigenvalue weighted by molar-refractivity contribution is 0.0300. The van der Waals surface area contributed by atoms with Gasteiger partial charge in [-0.25, -0.2) is 0 Å². The maximum Gasteiger partial charge on any atom is 0.107 e. The molecule has 0 spiro atoms. The lowest BCUT2D eigenvalue weighted by Gasteiger charge is -2.34. The van der Waals surface area contributed by atoms with Gasteiger partial charge in [0.15, 0.2) is 0 Å². The third kappa shape index (κ3) is 3.65. The molecule has 1 aromatic carbocycles. The highest BCUT2D eigenvalue weighted by atomic mass is 32.2. The van der Waals surface area contributed by atoms with Crippen LogP contribution in [0.3, 0.4) is 0 Å². The van der Waals surface area contributed by atoms with Crippen LogP contribution in [0.1, 0.15) is 25.3 Å². The minimum absolute atomic E-state index is 0.279. The van der Waals surface area contributed by atoms with Crippen molar-refractivity contribution in [2.75, 3.05) is 31.3 Å². The molecule has 1 aliphatic rings. The first-order valence-electron chi connectivity index (χ1n) is 6.84. The number of ether oxygens (including phenoxy) is 1. The summed E-state index contributed by atoms with van der Waals surface area (Å²) < 4.78 is 5.44. The third-order valence-electron chi connectivity index (χ3n) is 3.90. The van der Waals surface area contributed by atoms with Crippen LogP contribution in [0.25, 0.3) is 0 Å². The van der Waals surface area contributed by atoms with E-state index < -0.39 is 0 Å². The Labute approximate surface area is 130 Å². The maximum atomic E-state index is 5.89. The van der Waals surface area contributed by atoms with Gasteiger partial charge in [-0.2, -0.15) is 0 Å². The molecular formula is C15H22N2OS2. The van der Waals surface area contributed by atoms with Gasteiger partial charge in [-0.05, 0) is 36.6 Å². The van der Waals surface area contributed by atoms with Crippen molar-refractivity contribution in [1.82, 2.24) is 0 Å². The lowest BCUT2D eigenvalue weighted by atomic mass is 9.82. The zero-order chi connectivity index (χ0) is 14.6. The zero-order valence-corrected chi connectivity index (χ0v) is 13.7. The molecule has 0 aromatic heterocycles. The minimum Gasteiger partial charge on any atom is -0.389 e. The normalized spacial score (nSPS) is 17.7. The van der Waals surface area contributed by atoms with Crippen molar-refractivity contribution in [3.05, 3.63) is 23.8 Å². The summed E-state index contributed by atoms with van der Waals surface area (Å²) in [6.45, 7) is 4.93. The van der Waals surface area contributed by atoms with Gasteiger partial charge in [-0.1, -0.05) is 25.2 Å². The highest BCUT2D eigenvalue weighted by Crippen LogP contribution is 2.32. The Hall–Kier alpha value is -0.780. The van der Waals surface area contributed by atoms with E-state index in [2.05, 4.69) is 24.4 Å². The molecule has 110 valence electrons. The van der Waals surface area contributed by atoms with Crippen molar-refractivity contribution >= 4 is 34.7 Å². The molecule has 5 heteroatoms. The number of benzene rings is 1. The fraction of sp³-hybridized carbons (Fsp3) is 0.533. The average molecular weight is 310 g/mol. The molecule has 2 rings (SSSR count). The number of nitrogens with one attached hydrogen (secondary N) is 1.